The van der Waals surface area contributed by atoms with E-state index < -0.39 is 11.9 Å². The molecule has 1 N–H and O–H groups in total. The van der Waals surface area contributed by atoms with E-state index in [4.69, 9.17) is 0 Å². The number of alkyl halides is 3. The minimum atomic E-state index is -4.45. The normalized spacial score (nSPS) is 13.9. The van der Waals surface area contributed by atoms with Crippen LogP contribution in [0.4, 0.5) is 19.1 Å². The molecule has 19 heavy (non-hydrogen) atoms. The molecule has 1 aromatic rings. The molecule has 1 heterocycles. The summed E-state index contributed by atoms with van der Waals surface area (Å²) in [5, 5.41) is 2.96. The lowest BCUT2D eigenvalue weighted by atomic mass is 10.0. The maximum absolute atomic E-state index is 12.5. The molecule has 4 nitrogen and oxygen atoms in total. The van der Waals surface area contributed by atoms with Crippen LogP contribution in [0.3, 0.4) is 0 Å². The molecule has 0 saturated carbocycles. The Bertz CT molecular complexity index is 404. The van der Waals surface area contributed by atoms with Crippen LogP contribution in [-0.2, 0) is 6.18 Å². The quantitative estimate of drug-likeness (QED) is 0.897. The predicted octanol–water partition coefficient (Wildman–Crippen LogP) is 2.49. The molecule has 1 atom stereocenters. The Hall–Kier alpha value is -1.37. The van der Waals surface area contributed by atoms with Crippen LogP contribution in [0.25, 0.3) is 0 Å². The molecular weight excluding hydrogens is 257 g/mol. The molecule has 0 bridgehead atoms. The molecule has 0 aliphatic carbocycles. The van der Waals surface area contributed by atoms with Gasteiger partial charge in [0.2, 0.25) is 5.95 Å². The van der Waals surface area contributed by atoms with Gasteiger partial charge in [-0.05, 0) is 26.1 Å². The molecule has 1 unspecified atom stereocenters. The van der Waals surface area contributed by atoms with Crippen molar-refractivity contribution < 1.29 is 13.2 Å². The number of likely N-dealkylation sites (N-methyl/N-ethyl adjacent to an activating group) is 1. The molecule has 0 radical (unpaired) electrons. The van der Waals surface area contributed by atoms with Crippen LogP contribution in [0.2, 0.25) is 0 Å². The second-order valence-electron chi connectivity index (χ2n) is 5.02. The lowest BCUT2D eigenvalue weighted by molar-refractivity contribution is -0.141. The van der Waals surface area contributed by atoms with Gasteiger partial charge in [0, 0.05) is 18.8 Å². The molecule has 0 aliphatic rings. The third-order valence-corrected chi connectivity index (χ3v) is 2.63. The van der Waals surface area contributed by atoms with E-state index in [0.29, 0.717) is 6.54 Å². The number of nitrogens with one attached hydrogen (secondary N) is 1. The SMILES string of the molecule is CC(C)C(CN(C)C)Nc1nccc(C(F)(F)F)n1. The first-order valence-corrected chi connectivity index (χ1v) is 6.01. The van der Waals surface area contributed by atoms with Crippen LogP contribution >= 0.6 is 0 Å². The zero-order valence-electron chi connectivity index (χ0n) is 11.5. The summed E-state index contributed by atoms with van der Waals surface area (Å²) in [4.78, 5) is 9.31. The standard InChI is InChI=1S/C12H19F3N4/c1-8(2)9(7-19(3)4)17-11-16-6-5-10(18-11)12(13,14)15/h5-6,8-9H,7H2,1-4H3,(H,16,17,18). The summed E-state index contributed by atoms with van der Waals surface area (Å²) in [5.74, 6) is 0.260. The van der Waals surface area contributed by atoms with E-state index in [-0.39, 0.29) is 17.9 Å². The smallest absolute Gasteiger partial charge is 0.350 e. The molecule has 7 heteroatoms. The Kier molecular flexibility index (Phi) is 5.11. The minimum Gasteiger partial charge on any atom is -0.350 e. The molecule has 0 amide bonds. The van der Waals surface area contributed by atoms with Gasteiger partial charge in [-0.2, -0.15) is 13.2 Å². The molecule has 0 aliphatic heterocycles. The van der Waals surface area contributed by atoms with Gasteiger partial charge in [0.1, 0.15) is 5.69 Å². The molecule has 0 spiro atoms. The molecule has 0 fully saturated rings. The van der Waals surface area contributed by atoms with Gasteiger partial charge >= 0.3 is 6.18 Å². The first-order chi connectivity index (χ1) is 8.70. The number of hydrogen-bond acceptors (Lipinski definition) is 4. The topological polar surface area (TPSA) is 41.0 Å². The zero-order valence-corrected chi connectivity index (χ0v) is 11.5. The Balaban J connectivity index is 2.85. The average molecular weight is 276 g/mol. The van der Waals surface area contributed by atoms with Gasteiger partial charge in [0.25, 0.3) is 0 Å². The van der Waals surface area contributed by atoms with Crippen LogP contribution in [0.5, 0.6) is 0 Å². The fourth-order valence-corrected chi connectivity index (χ4v) is 1.57. The number of rotatable bonds is 5. The van der Waals surface area contributed by atoms with Crippen molar-refractivity contribution in [1.82, 2.24) is 14.9 Å². The summed E-state index contributed by atoms with van der Waals surface area (Å²) >= 11 is 0. The van der Waals surface area contributed by atoms with Crippen LogP contribution in [0.15, 0.2) is 12.3 Å². The van der Waals surface area contributed by atoms with Crippen molar-refractivity contribution in [3.05, 3.63) is 18.0 Å². The van der Waals surface area contributed by atoms with Gasteiger partial charge in [0.15, 0.2) is 0 Å². The van der Waals surface area contributed by atoms with Gasteiger partial charge < -0.3 is 10.2 Å². The van der Waals surface area contributed by atoms with Crippen molar-refractivity contribution >= 4 is 5.95 Å². The van der Waals surface area contributed by atoms with Crippen LogP contribution < -0.4 is 5.32 Å². The average Bonchev–Trinajstić information content (AvgIpc) is 2.26. The predicted molar refractivity (Wildman–Crippen MR) is 67.8 cm³/mol. The Morgan fingerprint density at radius 1 is 1.32 bits per heavy atom. The highest BCUT2D eigenvalue weighted by atomic mass is 19.4. The maximum Gasteiger partial charge on any atom is 0.433 e. The Morgan fingerprint density at radius 2 is 1.95 bits per heavy atom. The highest BCUT2D eigenvalue weighted by Gasteiger charge is 2.33. The third-order valence-electron chi connectivity index (χ3n) is 2.63. The minimum absolute atomic E-state index is 0.00961. The first-order valence-electron chi connectivity index (χ1n) is 6.01. The van der Waals surface area contributed by atoms with Gasteiger partial charge in [-0.1, -0.05) is 13.8 Å². The number of nitrogens with zero attached hydrogens (tertiary/aromatic N) is 3. The van der Waals surface area contributed by atoms with Crippen molar-refractivity contribution in [2.75, 3.05) is 26.0 Å². The Morgan fingerprint density at radius 3 is 2.42 bits per heavy atom. The fourth-order valence-electron chi connectivity index (χ4n) is 1.57. The van der Waals surface area contributed by atoms with Gasteiger partial charge in [-0.3, -0.25) is 0 Å². The summed E-state index contributed by atoms with van der Waals surface area (Å²) in [7, 11) is 3.81. The van der Waals surface area contributed by atoms with E-state index in [1.165, 1.54) is 0 Å². The van der Waals surface area contributed by atoms with Gasteiger partial charge in [-0.15, -0.1) is 0 Å². The highest BCUT2D eigenvalue weighted by molar-refractivity contribution is 5.28. The Labute approximate surface area is 111 Å². The van der Waals surface area contributed by atoms with Gasteiger partial charge in [0.05, 0.1) is 0 Å². The van der Waals surface area contributed by atoms with E-state index >= 15 is 0 Å². The van der Waals surface area contributed by atoms with Gasteiger partial charge in [-0.25, -0.2) is 9.97 Å². The van der Waals surface area contributed by atoms with E-state index in [1.807, 2.05) is 32.8 Å². The van der Waals surface area contributed by atoms with Crippen molar-refractivity contribution in [3.63, 3.8) is 0 Å². The second kappa shape index (κ2) is 6.18. The molecular formula is C12H19F3N4. The van der Waals surface area contributed by atoms with Crippen molar-refractivity contribution in [3.8, 4) is 0 Å². The first kappa shape index (κ1) is 15.7. The number of anilines is 1. The molecule has 0 saturated heterocycles. The summed E-state index contributed by atoms with van der Waals surface area (Å²) < 4.78 is 37.6. The van der Waals surface area contributed by atoms with Crippen molar-refractivity contribution in [2.45, 2.75) is 26.1 Å². The molecule has 1 aromatic heterocycles. The maximum atomic E-state index is 12.5. The molecule has 1 rings (SSSR count). The summed E-state index contributed by atoms with van der Waals surface area (Å²) in [5.41, 5.74) is -0.933. The fraction of sp³-hybridized carbons (Fsp3) is 0.667. The zero-order chi connectivity index (χ0) is 14.6. The van der Waals surface area contributed by atoms with E-state index in [1.54, 1.807) is 0 Å². The summed E-state index contributed by atoms with van der Waals surface area (Å²) in [6, 6.07) is 0.847. The second-order valence-corrected chi connectivity index (χ2v) is 5.02. The van der Waals surface area contributed by atoms with Crippen LogP contribution in [0, 0.1) is 5.92 Å². The van der Waals surface area contributed by atoms with Crippen LogP contribution in [0.1, 0.15) is 19.5 Å². The lowest BCUT2D eigenvalue weighted by Crippen LogP contribution is -2.37. The largest absolute Gasteiger partial charge is 0.433 e. The van der Waals surface area contributed by atoms with Crippen molar-refractivity contribution in [1.29, 1.82) is 0 Å². The number of halogens is 3. The summed E-state index contributed by atoms with van der Waals surface area (Å²) in [6.07, 6.45) is -3.33. The van der Waals surface area contributed by atoms with Crippen LogP contribution in [-0.4, -0.2) is 41.5 Å². The number of hydrogen-bond donors (Lipinski definition) is 1. The summed E-state index contributed by atoms with van der Waals surface area (Å²) in [6.45, 7) is 4.68. The van der Waals surface area contributed by atoms with E-state index in [2.05, 4.69) is 15.3 Å². The molecule has 108 valence electrons. The highest BCUT2D eigenvalue weighted by Crippen LogP contribution is 2.27. The number of aromatic nitrogens is 2. The lowest BCUT2D eigenvalue weighted by Gasteiger charge is -2.25. The van der Waals surface area contributed by atoms with E-state index in [0.717, 1.165) is 12.3 Å². The monoisotopic (exact) mass is 276 g/mol. The molecule has 0 aromatic carbocycles. The third kappa shape index (κ3) is 5.02. The van der Waals surface area contributed by atoms with E-state index in [9.17, 15) is 13.2 Å². The van der Waals surface area contributed by atoms with Crippen molar-refractivity contribution in [2.24, 2.45) is 5.92 Å².